The summed E-state index contributed by atoms with van der Waals surface area (Å²) in [6.07, 6.45) is 4.18. The standard InChI is InChI=1S/C23H27NO6/c1-14(2)18-6-4-15(3)8-20(18)30-22(25)12-27-23(26)17(11-24)9-16-5-7-19-21(10-16)29-13-28-19/h5,7,9-10,14-15,18,20H,4,6,8,12-13H2,1-3H3/b17-9-/t15-,18-,20+/m1/s1. The number of ether oxygens (including phenoxy) is 4. The Kier molecular flexibility index (Phi) is 6.99. The Labute approximate surface area is 176 Å². The highest BCUT2D eigenvalue weighted by molar-refractivity contribution is 5.98. The first kappa shape index (κ1) is 21.7. The van der Waals surface area contributed by atoms with Crippen molar-refractivity contribution in [3.63, 3.8) is 0 Å². The number of carbonyl (C=O) groups excluding carboxylic acids is 2. The first-order valence-corrected chi connectivity index (χ1v) is 10.3. The van der Waals surface area contributed by atoms with E-state index in [0.29, 0.717) is 34.8 Å². The number of fused-ring (bicyclic) bond motifs is 1. The molecule has 0 saturated heterocycles. The van der Waals surface area contributed by atoms with Gasteiger partial charge in [0.15, 0.2) is 18.1 Å². The summed E-state index contributed by atoms with van der Waals surface area (Å²) >= 11 is 0. The third kappa shape index (κ3) is 5.32. The van der Waals surface area contributed by atoms with Gasteiger partial charge in [-0.15, -0.1) is 0 Å². The van der Waals surface area contributed by atoms with E-state index < -0.39 is 18.5 Å². The molecule has 1 fully saturated rings. The number of nitrogens with zero attached hydrogens (tertiary/aromatic N) is 1. The zero-order valence-electron chi connectivity index (χ0n) is 17.6. The first-order valence-electron chi connectivity index (χ1n) is 10.3. The van der Waals surface area contributed by atoms with Crippen LogP contribution in [0.25, 0.3) is 6.08 Å². The Bertz CT molecular complexity index is 869. The highest BCUT2D eigenvalue weighted by atomic mass is 16.7. The highest BCUT2D eigenvalue weighted by Crippen LogP contribution is 2.35. The molecule has 7 heteroatoms. The number of carbonyl (C=O) groups is 2. The topological polar surface area (TPSA) is 94.9 Å². The lowest BCUT2D eigenvalue weighted by atomic mass is 9.75. The van der Waals surface area contributed by atoms with Gasteiger partial charge in [-0.3, -0.25) is 0 Å². The van der Waals surface area contributed by atoms with E-state index in [-0.39, 0.29) is 18.5 Å². The van der Waals surface area contributed by atoms with E-state index in [1.54, 1.807) is 18.2 Å². The van der Waals surface area contributed by atoms with E-state index in [4.69, 9.17) is 18.9 Å². The fourth-order valence-corrected chi connectivity index (χ4v) is 3.96. The summed E-state index contributed by atoms with van der Waals surface area (Å²) in [5, 5.41) is 9.31. The van der Waals surface area contributed by atoms with E-state index in [1.165, 1.54) is 6.08 Å². The number of hydrogen-bond acceptors (Lipinski definition) is 7. The molecule has 1 aromatic rings. The van der Waals surface area contributed by atoms with Gasteiger partial charge in [-0.05, 0) is 54.4 Å². The Morgan fingerprint density at radius 2 is 2.03 bits per heavy atom. The fraction of sp³-hybridized carbons (Fsp3) is 0.522. The van der Waals surface area contributed by atoms with Gasteiger partial charge in [-0.1, -0.05) is 33.3 Å². The molecule has 0 N–H and O–H groups in total. The van der Waals surface area contributed by atoms with E-state index >= 15 is 0 Å². The molecule has 7 nitrogen and oxygen atoms in total. The van der Waals surface area contributed by atoms with Gasteiger partial charge in [-0.25, -0.2) is 9.59 Å². The molecule has 1 aromatic carbocycles. The van der Waals surface area contributed by atoms with Crippen LogP contribution in [0.15, 0.2) is 23.8 Å². The summed E-state index contributed by atoms with van der Waals surface area (Å²) in [5.41, 5.74) is 0.374. The van der Waals surface area contributed by atoms with Crippen molar-refractivity contribution in [1.82, 2.24) is 0 Å². The quantitative estimate of drug-likeness (QED) is 0.397. The minimum absolute atomic E-state index is 0.134. The zero-order chi connectivity index (χ0) is 21.7. The van der Waals surface area contributed by atoms with Crippen LogP contribution >= 0.6 is 0 Å². The third-order valence-electron chi connectivity index (χ3n) is 5.61. The second-order valence-corrected chi connectivity index (χ2v) is 8.21. The fourth-order valence-electron chi connectivity index (χ4n) is 3.96. The number of esters is 2. The lowest BCUT2D eigenvalue weighted by Crippen LogP contribution is -2.36. The molecule has 3 atom stereocenters. The van der Waals surface area contributed by atoms with Crippen LogP contribution in [0.2, 0.25) is 0 Å². The van der Waals surface area contributed by atoms with Crippen molar-refractivity contribution in [2.45, 2.75) is 46.1 Å². The van der Waals surface area contributed by atoms with Crippen LogP contribution in [0.1, 0.15) is 45.6 Å². The van der Waals surface area contributed by atoms with Gasteiger partial charge in [-0.2, -0.15) is 5.26 Å². The molecule has 2 aliphatic rings. The molecule has 0 unspecified atom stereocenters. The van der Waals surface area contributed by atoms with Crippen LogP contribution in [-0.2, 0) is 19.1 Å². The minimum atomic E-state index is -0.871. The monoisotopic (exact) mass is 413 g/mol. The predicted molar refractivity (Wildman–Crippen MR) is 108 cm³/mol. The van der Waals surface area contributed by atoms with Crippen LogP contribution < -0.4 is 9.47 Å². The number of benzene rings is 1. The van der Waals surface area contributed by atoms with Gasteiger partial charge in [0.05, 0.1) is 0 Å². The van der Waals surface area contributed by atoms with Crippen LogP contribution in [0.4, 0.5) is 0 Å². The molecular formula is C23H27NO6. The average Bonchev–Trinajstić information content (AvgIpc) is 3.18. The number of nitriles is 1. The molecule has 1 saturated carbocycles. The van der Waals surface area contributed by atoms with Crippen LogP contribution in [0.5, 0.6) is 11.5 Å². The van der Waals surface area contributed by atoms with E-state index in [0.717, 1.165) is 19.3 Å². The number of hydrogen-bond donors (Lipinski definition) is 0. The van der Waals surface area contributed by atoms with Crippen LogP contribution in [0.3, 0.4) is 0 Å². The lowest BCUT2D eigenvalue weighted by molar-refractivity contribution is -0.165. The zero-order valence-corrected chi connectivity index (χ0v) is 17.6. The van der Waals surface area contributed by atoms with Crippen molar-refractivity contribution in [2.75, 3.05) is 13.4 Å². The molecule has 1 heterocycles. The molecular weight excluding hydrogens is 386 g/mol. The molecule has 0 radical (unpaired) electrons. The highest BCUT2D eigenvalue weighted by Gasteiger charge is 2.33. The maximum Gasteiger partial charge on any atom is 0.349 e. The molecule has 0 spiro atoms. The van der Waals surface area contributed by atoms with Crippen molar-refractivity contribution in [1.29, 1.82) is 5.26 Å². The normalized spacial score (nSPS) is 23.0. The van der Waals surface area contributed by atoms with Gasteiger partial charge in [0.1, 0.15) is 17.7 Å². The van der Waals surface area contributed by atoms with Gasteiger partial charge in [0.25, 0.3) is 0 Å². The molecule has 0 aromatic heterocycles. The smallest absolute Gasteiger partial charge is 0.349 e. The molecule has 0 bridgehead atoms. The molecule has 1 aliphatic heterocycles. The summed E-state index contributed by atoms with van der Waals surface area (Å²) in [5.74, 6) is 0.898. The van der Waals surface area contributed by atoms with E-state index in [2.05, 4.69) is 20.8 Å². The maximum atomic E-state index is 12.3. The van der Waals surface area contributed by atoms with Gasteiger partial charge in [0.2, 0.25) is 6.79 Å². The second kappa shape index (κ2) is 9.66. The summed E-state index contributed by atoms with van der Waals surface area (Å²) in [6, 6.07) is 6.87. The summed E-state index contributed by atoms with van der Waals surface area (Å²) < 4.78 is 21.2. The third-order valence-corrected chi connectivity index (χ3v) is 5.61. The molecule has 0 amide bonds. The van der Waals surface area contributed by atoms with Crippen LogP contribution in [-0.4, -0.2) is 31.4 Å². The van der Waals surface area contributed by atoms with Crippen molar-refractivity contribution in [3.8, 4) is 17.6 Å². The molecule has 1 aliphatic carbocycles. The maximum absolute atomic E-state index is 12.3. The lowest BCUT2D eigenvalue weighted by Gasteiger charge is -2.36. The summed E-state index contributed by atoms with van der Waals surface area (Å²) in [7, 11) is 0. The van der Waals surface area contributed by atoms with E-state index in [1.807, 2.05) is 6.07 Å². The second-order valence-electron chi connectivity index (χ2n) is 8.21. The van der Waals surface area contributed by atoms with Gasteiger partial charge in [0, 0.05) is 0 Å². The predicted octanol–water partition coefficient (Wildman–Crippen LogP) is 3.87. The minimum Gasteiger partial charge on any atom is -0.460 e. The summed E-state index contributed by atoms with van der Waals surface area (Å²) in [6.45, 7) is 6.02. The largest absolute Gasteiger partial charge is 0.460 e. The Morgan fingerprint density at radius 1 is 1.27 bits per heavy atom. The molecule has 160 valence electrons. The van der Waals surface area contributed by atoms with Crippen molar-refractivity contribution in [2.24, 2.45) is 17.8 Å². The van der Waals surface area contributed by atoms with E-state index in [9.17, 15) is 14.9 Å². The van der Waals surface area contributed by atoms with Gasteiger partial charge >= 0.3 is 11.9 Å². The average molecular weight is 413 g/mol. The SMILES string of the molecule is CC(C)[C@H]1CC[C@@H](C)C[C@@H]1OC(=O)COC(=O)/C(C#N)=C\c1ccc2c(c1)OCO2. The van der Waals surface area contributed by atoms with Crippen molar-refractivity contribution in [3.05, 3.63) is 29.3 Å². The Morgan fingerprint density at radius 3 is 2.77 bits per heavy atom. The van der Waals surface area contributed by atoms with Crippen molar-refractivity contribution < 1.29 is 28.5 Å². The molecule has 30 heavy (non-hydrogen) atoms. The van der Waals surface area contributed by atoms with Gasteiger partial charge < -0.3 is 18.9 Å². The molecule has 3 rings (SSSR count). The summed E-state index contributed by atoms with van der Waals surface area (Å²) in [4.78, 5) is 24.5. The number of rotatable bonds is 6. The van der Waals surface area contributed by atoms with Crippen LogP contribution in [0, 0.1) is 29.1 Å². The Hall–Kier alpha value is -3.01. The Balaban J connectivity index is 1.57. The van der Waals surface area contributed by atoms with Crippen molar-refractivity contribution >= 4 is 18.0 Å². The first-order chi connectivity index (χ1) is 14.4.